The molecule has 0 bridgehead atoms. The highest BCUT2D eigenvalue weighted by molar-refractivity contribution is 5.98. The molecule has 0 spiro atoms. The van der Waals surface area contributed by atoms with Gasteiger partial charge in [0, 0.05) is 35.3 Å². The highest BCUT2D eigenvalue weighted by Crippen LogP contribution is 2.15. The molecular formula is C42H40N14O14. The van der Waals surface area contributed by atoms with Crippen molar-refractivity contribution >= 4 is 93.2 Å². The Morgan fingerprint density at radius 1 is 0.543 bits per heavy atom. The van der Waals surface area contributed by atoms with Crippen molar-refractivity contribution in [2.75, 3.05) is 22.1 Å². The van der Waals surface area contributed by atoms with Gasteiger partial charge in [0.15, 0.2) is 22.3 Å². The van der Waals surface area contributed by atoms with Gasteiger partial charge in [-0.15, -0.1) is 0 Å². The molecule has 362 valence electrons. The molecule has 12 N–H and O–H groups in total. The third kappa shape index (κ3) is 13.9. The predicted octanol–water partition coefficient (Wildman–Crippen LogP) is -0.325. The maximum atomic E-state index is 12.8. The van der Waals surface area contributed by atoms with E-state index in [9.17, 15) is 58.2 Å². The number of nitrogens with one attached hydrogen (secondary N) is 6. The molecule has 2 amide bonds. The fourth-order valence-corrected chi connectivity index (χ4v) is 6.16. The molecule has 6 aromatic rings. The van der Waals surface area contributed by atoms with E-state index < -0.39 is 109 Å². The molecule has 0 fully saturated rings. The Hall–Kier alpha value is -9.76. The van der Waals surface area contributed by atoms with Crippen molar-refractivity contribution in [2.24, 2.45) is 0 Å². The molecule has 2 aromatic carbocycles. The zero-order valence-corrected chi connectivity index (χ0v) is 36.2. The number of nitrogens with two attached hydrogens (primary N) is 2. The molecular weight excluding hydrogens is 925 g/mol. The van der Waals surface area contributed by atoms with Crippen molar-refractivity contribution < 1.29 is 58.0 Å². The third-order valence-corrected chi connectivity index (χ3v) is 9.68. The minimum atomic E-state index is -1.57. The second kappa shape index (κ2) is 22.6. The van der Waals surface area contributed by atoms with Crippen LogP contribution >= 0.6 is 0 Å². The van der Waals surface area contributed by atoms with Crippen LogP contribution < -0.4 is 43.9 Å². The second-order valence-corrected chi connectivity index (χ2v) is 14.8. The largest absolute Gasteiger partial charge is 0.480 e. The molecule has 4 heterocycles. The fraction of sp³-hybridized carbons (Fsp3) is 0.238. The van der Waals surface area contributed by atoms with Gasteiger partial charge in [0.05, 0.1) is 49.7 Å². The third-order valence-electron chi connectivity index (χ3n) is 9.68. The summed E-state index contributed by atoms with van der Waals surface area (Å²) >= 11 is 0. The van der Waals surface area contributed by atoms with Crippen molar-refractivity contribution in [3.63, 3.8) is 0 Å². The Balaban J connectivity index is 0.863. The lowest BCUT2D eigenvalue weighted by molar-refractivity contribution is -0.165. The van der Waals surface area contributed by atoms with Gasteiger partial charge in [0.2, 0.25) is 11.9 Å². The molecule has 2 atom stereocenters. The number of fused-ring (bicyclic) bond motifs is 2. The van der Waals surface area contributed by atoms with E-state index in [1.807, 2.05) is 0 Å². The van der Waals surface area contributed by atoms with Crippen LogP contribution in [0.2, 0.25) is 0 Å². The predicted molar refractivity (Wildman–Crippen MR) is 240 cm³/mol. The van der Waals surface area contributed by atoms with Gasteiger partial charge in [-0.05, 0) is 61.4 Å². The Morgan fingerprint density at radius 2 is 0.900 bits per heavy atom. The highest BCUT2D eigenvalue weighted by Gasteiger charge is 2.25. The SMILES string of the molecule is Nc1nc2ncc(CNc3ccc(C(=O)NC(CCC(=O)OC(=O)CCC(=O)OC(=O)CCC(NC(=O)c4ccc(NCc5cnc6nc(N)[nH]c(=O)c6n5)cc4)C(=O)O)C(=O)O)cc3)nc2c(=O)[nH]1. The topological polar surface area (TPSA) is 439 Å². The van der Waals surface area contributed by atoms with Crippen molar-refractivity contribution in [1.82, 2.24) is 50.5 Å². The van der Waals surface area contributed by atoms with Gasteiger partial charge in [0.25, 0.3) is 22.9 Å². The lowest BCUT2D eigenvalue weighted by atomic mass is 10.1. The average molecular weight is 965 g/mol. The normalized spacial score (nSPS) is 11.7. The maximum Gasteiger partial charge on any atom is 0.326 e. The van der Waals surface area contributed by atoms with Crippen LogP contribution in [0.3, 0.4) is 0 Å². The molecule has 4 aromatic heterocycles. The van der Waals surface area contributed by atoms with Crippen LogP contribution in [-0.2, 0) is 51.3 Å². The zero-order valence-electron chi connectivity index (χ0n) is 36.2. The van der Waals surface area contributed by atoms with Crippen LogP contribution in [0.5, 0.6) is 0 Å². The second-order valence-electron chi connectivity index (χ2n) is 14.8. The van der Waals surface area contributed by atoms with Crippen LogP contribution in [0, 0.1) is 0 Å². The highest BCUT2D eigenvalue weighted by atomic mass is 16.6. The molecule has 70 heavy (non-hydrogen) atoms. The van der Waals surface area contributed by atoms with Gasteiger partial charge in [0.1, 0.15) is 12.1 Å². The molecule has 0 aliphatic rings. The number of carbonyl (C=O) groups excluding carboxylic acids is 6. The number of aliphatic carboxylic acids is 2. The monoisotopic (exact) mass is 964 g/mol. The Morgan fingerprint density at radius 3 is 1.26 bits per heavy atom. The minimum absolute atomic E-state index is 0.00659. The van der Waals surface area contributed by atoms with Crippen molar-refractivity contribution in [3.8, 4) is 0 Å². The van der Waals surface area contributed by atoms with Gasteiger partial charge in [-0.25, -0.2) is 29.5 Å². The number of rotatable bonds is 21. The lowest BCUT2D eigenvalue weighted by Gasteiger charge is -2.14. The summed E-state index contributed by atoms with van der Waals surface area (Å²) in [5, 5.41) is 29.9. The number of esters is 4. The molecule has 2 unspecified atom stereocenters. The first-order chi connectivity index (χ1) is 33.4. The molecule has 0 aliphatic carbocycles. The van der Waals surface area contributed by atoms with E-state index in [0.29, 0.717) is 22.8 Å². The number of benzene rings is 2. The quantitative estimate of drug-likeness (QED) is 0.0326. The summed E-state index contributed by atoms with van der Waals surface area (Å²) in [5.74, 6) is -9.51. The van der Waals surface area contributed by atoms with Crippen molar-refractivity contribution in [3.05, 3.63) is 104 Å². The smallest absolute Gasteiger partial charge is 0.326 e. The van der Waals surface area contributed by atoms with E-state index in [1.54, 1.807) is 0 Å². The van der Waals surface area contributed by atoms with E-state index in [-0.39, 0.29) is 58.4 Å². The van der Waals surface area contributed by atoms with E-state index in [0.717, 1.165) is 0 Å². The molecule has 28 heteroatoms. The van der Waals surface area contributed by atoms with Gasteiger partial charge in [-0.1, -0.05) is 0 Å². The minimum Gasteiger partial charge on any atom is -0.480 e. The van der Waals surface area contributed by atoms with Crippen molar-refractivity contribution in [2.45, 2.75) is 63.7 Å². The van der Waals surface area contributed by atoms with Crippen LogP contribution in [-0.4, -0.2) is 110 Å². The number of hydrogen-bond acceptors (Lipinski definition) is 22. The van der Waals surface area contributed by atoms with Crippen LogP contribution in [0.15, 0.2) is 70.5 Å². The number of nitrogens with zero attached hydrogens (tertiary/aromatic N) is 6. The van der Waals surface area contributed by atoms with Crippen LogP contribution in [0.25, 0.3) is 22.3 Å². The number of carbonyl (C=O) groups is 8. The van der Waals surface area contributed by atoms with E-state index in [1.165, 1.54) is 60.9 Å². The Bertz CT molecular complexity index is 2920. The molecule has 6 rings (SSSR count). The number of H-pyrrole nitrogens is 2. The van der Waals surface area contributed by atoms with E-state index >= 15 is 0 Å². The molecule has 0 saturated carbocycles. The summed E-state index contributed by atoms with van der Waals surface area (Å²) in [6.45, 7) is 0.274. The molecule has 0 aliphatic heterocycles. The number of aromatic amines is 2. The number of amides is 2. The van der Waals surface area contributed by atoms with Crippen LogP contribution in [0.4, 0.5) is 23.3 Å². The first-order valence-corrected chi connectivity index (χ1v) is 20.7. The van der Waals surface area contributed by atoms with Crippen LogP contribution in [0.1, 0.15) is 70.6 Å². The lowest BCUT2D eigenvalue weighted by Crippen LogP contribution is -2.41. The number of carboxylic acids is 2. The van der Waals surface area contributed by atoms with Gasteiger partial charge < -0.3 is 52.4 Å². The summed E-state index contributed by atoms with van der Waals surface area (Å²) < 4.78 is 9.23. The van der Waals surface area contributed by atoms with Gasteiger partial charge >= 0.3 is 35.8 Å². The standard InChI is InChI=1S/C42H40N14O14/c43-41-53-33-31(37(63)55-41)49-23(17-47-33)15-45-21-5-1-19(2-6-21)35(61)51-25(39(65)66)9-11-27(57)69-29(59)13-14-30(60)70-28(58)12-10-26(40(67)68)52-36(62)20-3-7-22(8-4-20)46-16-24-18-48-34-32(50-24)38(64)56-42(44)54-34/h1-8,17-18,25-26,45-46H,9-16H2,(H,51,61)(H,52,62)(H,65,66)(H,67,68)(H3,43,47,53,55,63)(H3,44,48,54,56,64). The maximum absolute atomic E-state index is 12.8. The summed E-state index contributed by atoms with van der Waals surface area (Å²) in [6.07, 6.45) is -0.861. The zero-order chi connectivity index (χ0) is 50.5. The van der Waals surface area contributed by atoms with Crippen molar-refractivity contribution in [1.29, 1.82) is 0 Å². The fourth-order valence-electron chi connectivity index (χ4n) is 6.16. The number of nitrogen functional groups attached to an aromatic ring is 2. The molecule has 28 nitrogen and oxygen atoms in total. The number of ether oxygens (including phenoxy) is 2. The van der Waals surface area contributed by atoms with Gasteiger partial charge in [-0.2, -0.15) is 9.97 Å². The van der Waals surface area contributed by atoms with Gasteiger partial charge in [-0.3, -0.25) is 48.3 Å². The number of hydrogen-bond donors (Lipinski definition) is 10. The number of aromatic nitrogens is 8. The van der Waals surface area contributed by atoms with E-state index in [2.05, 4.69) is 70.6 Å². The Labute approximate surface area is 391 Å². The van der Waals surface area contributed by atoms with E-state index in [4.69, 9.17) is 11.5 Å². The average Bonchev–Trinajstić information content (AvgIpc) is 3.32. The summed E-state index contributed by atoms with van der Waals surface area (Å²) in [5.41, 5.74) is 12.1. The summed E-state index contributed by atoms with van der Waals surface area (Å²) in [7, 11) is 0. The summed E-state index contributed by atoms with van der Waals surface area (Å²) in [6, 6.07) is 8.56. The first kappa shape index (κ1) is 49.7. The molecule has 0 radical (unpaired) electrons. The Kier molecular flexibility index (Phi) is 16.1. The number of carboxylic acid groups (broad SMARTS) is 2. The first-order valence-electron chi connectivity index (χ1n) is 20.7. The number of anilines is 4. The molecule has 0 saturated heterocycles. The summed E-state index contributed by atoms with van der Waals surface area (Å²) in [4.78, 5) is 152.